The number of aliphatic hydroxyl groups excluding tert-OH is 2. The highest BCUT2D eigenvalue weighted by molar-refractivity contribution is 5.84. The van der Waals surface area contributed by atoms with Gasteiger partial charge in [0.25, 0.3) is 0 Å². The molecular weight excluding hydrogens is 374 g/mol. The van der Waals surface area contributed by atoms with E-state index in [2.05, 4.69) is 4.90 Å². The Balaban J connectivity index is 1.58. The lowest BCUT2D eigenvalue weighted by Gasteiger charge is -2.58. The molecule has 0 aromatic carbocycles. The number of hydrogen-bond acceptors (Lipinski definition) is 3. The second-order valence-electron chi connectivity index (χ2n) is 11.4. The lowest BCUT2D eigenvalue weighted by Crippen LogP contribution is -2.64. The van der Waals surface area contributed by atoms with Gasteiger partial charge in [0.15, 0.2) is 0 Å². The largest absolute Gasteiger partial charge is 0.393 e. The molecule has 5 fully saturated rings. The van der Waals surface area contributed by atoms with Gasteiger partial charge in [0.1, 0.15) is 0 Å². The molecule has 2 atom stereocenters. The summed E-state index contributed by atoms with van der Waals surface area (Å²) in [6, 6.07) is 0.440. The molecule has 0 bridgehead atoms. The molecule has 0 radical (unpaired) electrons. The summed E-state index contributed by atoms with van der Waals surface area (Å²) in [5.74, 6) is 2.35. The number of carbonyl (C=O) groups is 1. The molecule has 170 valence electrons. The monoisotopic (exact) mass is 417 g/mol. The lowest BCUT2D eigenvalue weighted by atomic mass is 9.55. The van der Waals surface area contributed by atoms with Crippen LogP contribution in [0.15, 0.2) is 0 Å². The number of nitrogens with zero attached hydrogens (tertiary/aromatic N) is 1. The van der Waals surface area contributed by atoms with Crippen molar-refractivity contribution >= 4 is 5.91 Å². The van der Waals surface area contributed by atoms with Crippen molar-refractivity contribution in [2.75, 3.05) is 0 Å². The number of carbonyl (C=O) groups excluding carboxylic acids is 1. The molecule has 0 aromatic heterocycles. The topological polar surface area (TPSA) is 60.8 Å². The fourth-order valence-electron chi connectivity index (χ4n) is 8.77. The fraction of sp³-hybridized carbons (Fsp3) is 0.962. The van der Waals surface area contributed by atoms with Gasteiger partial charge in [-0.2, -0.15) is 0 Å². The van der Waals surface area contributed by atoms with Crippen LogP contribution in [0.1, 0.15) is 109 Å². The minimum atomic E-state index is -0.145. The minimum absolute atomic E-state index is 0.00442. The summed E-state index contributed by atoms with van der Waals surface area (Å²) in [7, 11) is 0. The summed E-state index contributed by atoms with van der Waals surface area (Å²) in [5.41, 5.74) is 0.00442. The molecule has 1 aliphatic heterocycles. The third kappa shape index (κ3) is 3.45. The standard InChI is InChI=1S/C26H43NO3/c28-21-14-10-18(11-15-21)26(19-12-16-22(29)17-13-19)24-9-5-4-8-23(24)25(30)27(26)20-6-2-1-3-7-20/h18-24,28-29H,1-17H2. The second kappa shape index (κ2) is 8.73. The zero-order valence-electron chi connectivity index (χ0n) is 18.8. The SMILES string of the molecule is O=C1C2CCCCC2C(C2CCC(O)CC2)(C2CCC(O)CC2)N1C1CCCCC1. The van der Waals surface area contributed by atoms with Gasteiger partial charge in [0.2, 0.25) is 5.91 Å². The van der Waals surface area contributed by atoms with E-state index in [9.17, 15) is 15.0 Å². The van der Waals surface area contributed by atoms with Crippen molar-refractivity contribution in [3.05, 3.63) is 0 Å². The maximum absolute atomic E-state index is 14.1. The van der Waals surface area contributed by atoms with Crippen LogP contribution in [0.3, 0.4) is 0 Å². The van der Waals surface area contributed by atoms with Crippen LogP contribution in [0.25, 0.3) is 0 Å². The molecule has 5 aliphatic rings. The zero-order valence-corrected chi connectivity index (χ0v) is 18.8. The summed E-state index contributed by atoms with van der Waals surface area (Å²) in [5, 5.41) is 20.6. The Morgan fingerprint density at radius 1 is 0.633 bits per heavy atom. The van der Waals surface area contributed by atoms with E-state index in [1.54, 1.807) is 0 Å². The van der Waals surface area contributed by atoms with E-state index in [0.29, 0.717) is 29.7 Å². The van der Waals surface area contributed by atoms with Gasteiger partial charge in [-0.05, 0) is 94.8 Å². The van der Waals surface area contributed by atoms with E-state index in [0.717, 1.165) is 57.8 Å². The van der Waals surface area contributed by atoms with Crippen LogP contribution in [0, 0.1) is 23.7 Å². The molecule has 5 rings (SSSR count). The van der Waals surface area contributed by atoms with Crippen LogP contribution >= 0.6 is 0 Å². The Morgan fingerprint density at radius 2 is 1.13 bits per heavy atom. The number of rotatable bonds is 3. The molecule has 1 heterocycles. The molecule has 1 amide bonds. The molecule has 2 unspecified atom stereocenters. The van der Waals surface area contributed by atoms with E-state index in [1.165, 1.54) is 51.4 Å². The van der Waals surface area contributed by atoms with Crippen molar-refractivity contribution in [2.24, 2.45) is 23.7 Å². The van der Waals surface area contributed by atoms with E-state index < -0.39 is 0 Å². The molecule has 1 saturated heterocycles. The molecule has 30 heavy (non-hydrogen) atoms. The third-order valence-electron chi connectivity index (χ3n) is 9.97. The first kappa shape index (κ1) is 21.2. The first-order chi connectivity index (χ1) is 14.6. The van der Waals surface area contributed by atoms with Gasteiger partial charge < -0.3 is 15.1 Å². The maximum Gasteiger partial charge on any atom is 0.226 e. The van der Waals surface area contributed by atoms with E-state index >= 15 is 0 Å². The van der Waals surface area contributed by atoms with Gasteiger partial charge in [-0.15, -0.1) is 0 Å². The first-order valence-corrected chi connectivity index (χ1v) is 13.3. The highest BCUT2D eigenvalue weighted by atomic mass is 16.3. The van der Waals surface area contributed by atoms with Gasteiger partial charge in [-0.3, -0.25) is 4.79 Å². The Kier molecular flexibility index (Phi) is 6.18. The third-order valence-corrected chi connectivity index (χ3v) is 9.97. The molecule has 0 spiro atoms. The summed E-state index contributed by atoms with van der Waals surface area (Å²) in [6.07, 6.45) is 18.7. The van der Waals surface area contributed by atoms with Gasteiger partial charge in [-0.25, -0.2) is 0 Å². The zero-order chi connectivity index (χ0) is 20.7. The molecule has 2 N–H and O–H groups in total. The van der Waals surface area contributed by atoms with Crippen LogP contribution in [-0.4, -0.2) is 44.8 Å². The minimum Gasteiger partial charge on any atom is -0.393 e. The van der Waals surface area contributed by atoms with E-state index in [1.807, 2.05) is 0 Å². The van der Waals surface area contributed by atoms with E-state index in [4.69, 9.17) is 0 Å². The molecule has 0 aromatic rings. The van der Waals surface area contributed by atoms with Crippen molar-refractivity contribution in [1.29, 1.82) is 0 Å². The van der Waals surface area contributed by atoms with Crippen LogP contribution < -0.4 is 0 Å². The average molecular weight is 418 g/mol. The summed E-state index contributed by atoms with van der Waals surface area (Å²) in [4.78, 5) is 16.6. The molecule has 4 aliphatic carbocycles. The number of hydrogen-bond donors (Lipinski definition) is 2. The van der Waals surface area contributed by atoms with Crippen molar-refractivity contribution in [3.8, 4) is 0 Å². The number of fused-ring (bicyclic) bond motifs is 1. The molecule has 4 saturated carbocycles. The Morgan fingerprint density at radius 3 is 1.70 bits per heavy atom. The fourth-order valence-corrected chi connectivity index (χ4v) is 8.77. The molecular formula is C26H43NO3. The second-order valence-corrected chi connectivity index (χ2v) is 11.4. The highest BCUT2D eigenvalue weighted by Crippen LogP contribution is 2.60. The normalized spacial score (nSPS) is 46.1. The summed E-state index contributed by atoms with van der Waals surface area (Å²) in [6.45, 7) is 0. The maximum atomic E-state index is 14.1. The quantitative estimate of drug-likeness (QED) is 0.693. The van der Waals surface area contributed by atoms with Gasteiger partial charge >= 0.3 is 0 Å². The van der Waals surface area contributed by atoms with Crippen molar-refractivity contribution in [1.82, 2.24) is 4.90 Å². The van der Waals surface area contributed by atoms with Crippen LogP contribution in [0.4, 0.5) is 0 Å². The average Bonchev–Trinajstić information content (AvgIpc) is 3.05. The number of likely N-dealkylation sites (tertiary alicyclic amines) is 1. The van der Waals surface area contributed by atoms with E-state index in [-0.39, 0.29) is 23.7 Å². The molecule has 4 nitrogen and oxygen atoms in total. The van der Waals surface area contributed by atoms with Crippen molar-refractivity contribution in [3.63, 3.8) is 0 Å². The highest BCUT2D eigenvalue weighted by Gasteiger charge is 2.65. The smallest absolute Gasteiger partial charge is 0.226 e. The van der Waals surface area contributed by atoms with Gasteiger partial charge in [0, 0.05) is 12.0 Å². The van der Waals surface area contributed by atoms with Gasteiger partial charge in [-0.1, -0.05) is 32.1 Å². The first-order valence-electron chi connectivity index (χ1n) is 13.3. The molecule has 4 heteroatoms. The van der Waals surface area contributed by atoms with Crippen molar-refractivity contribution < 1.29 is 15.0 Å². The Hall–Kier alpha value is -0.610. The summed E-state index contributed by atoms with van der Waals surface area (Å²) >= 11 is 0. The van der Waals surface area contributed by atoms with Crippen LogP contribution in [-0.2, 0) is 4.79 Å². The van der Waals surface area contributed by atoms with Crippen LogP contribution in [0.5, 0.6) is 0 Å². The lowest BCUT2D eigenvalue weighted by molar-refractivity contribution is -0.146. The number of amides is 1. The van der Waals surface area contributed by atoms with Gasteiger partial charge in [0.05, 0.1) is 17.7 Å². The van der Waals surface area contributed by atoms with Crippen molar-refractivity contribution in [2.45, 2.75) is 133 Å². The summed E-state index contributed by atoms with van der Waals surface area (Å²) < 4.78 is 0. The number of aliphatic hydroxyl groups is 2. The predicted molar refractivity (Wildman–Crippen MR) is 118 cm³/mol. The Labute approximate surface area is 182 Å². The Bertz CT molecular complexity index is 577. The van der Waals surface area contributed by atoms with Crippen LogP contribution in [0.2, 0.25) is 0 Å². The predicted octanol–water partition coefficient (Wildman–Crippen LogP) is 4.81.